The first-order chi connectivity index (χ1) is 6.77. The lowest BCUT2D eigenvalue weighted by atomic mass is 10.0. The van der Waals surface area contributed by atoms with E-state index >= 15 is 0 Å². The van der Waals surface area contributed by atoms with Gasteiger partial charge in [0.05, 0.1) is 5.75 Å². The van der Waals surface area contributed by atoms with Crippen molar-refractivity contribution in [3.05, 3.63) is 0 Å². The molecule has 0 aliphatic carbocycles. The van der Waals surface area contributed by atoms with Gasteiger partial charge in [-0.1, -0.05) is 0 Å². The predicted molar refractivity (Wildman–Crippen MR) is 62.3 cm³/mol. The standard InChI is InChI=1S/C10H22N2O2S/c1-9(2)12-10(3,4)8-11-6-5-7-15(12,13)14/h9,11H,5-8H2,1-4H3. The topological polar surface area (TPSA) is 49.4 Å². The second-order valence-corrected chi connectivity index (χ2v) is 7.01. The maximum absolute atomic E-state index is 12.1. The summed E-state index contributed by atoms with van der Waals surface area (Å²) < 4.78 is 25.9. The van der Waals surface area contributed by atoms with Crippen molar-refractivity contribution in [1.29, 1.82) is 0 Å². The number of hydrogen-bond acceptors (Lipinski definition) is 3. The first kappa shape index (κ1) is 12.9. The smallest absolute Gasteiger partial charge is 0.214 e. The third kappa shape index (κ3) is 2.92. The van der Waals surface area contributed by atoms with Crippen LogP contribution in [0.1, 0.15) is 34.1 Å². The first-order valence-corrected chi connectivity index (χ1v) is 7.11. The van der Waals surface area contributed by atoms with Gasteiger partial charge in [-0.3, -0.25) is 0 Å². The third-order valence-electron chi connectivity index (χ3n) is 2.68. The van der Waals surface area contributed by atoms with Gasteiger partial charge in [0.2, 0.25) is 10.0 Å². The van der Waals surface area contributed by atoms with Gasteiger partial charge in [-0.15, -0.1) is 0 Å². The van der Waals surface area contributed by atoms with Crippen LogP contribution in [0.4, 0.5) is 0 Å². The van der Waals surface area contributed by atoms with Gasteiger partial charge in [-0.05, 0) is 40.7 Å². The van der Waals surface area contributed by atoms with Crippen LogP contribution >= 0.6 is 0 Å². The van der Waals surface area contributed by atoms with Crippen LogP contribution in [0, 0.1) is 0 Å². The van der Waals surface area contributed by atoms with Crippen molar-refractivity contribution in [3.8, 4) is 0 Å². The average molecular weight is 234 g/mol. The molecular weight excluding hydrogens is 212 g/mol. The summed E-state index contributed by atoms with van der Waals surface area (Å²) in [6, 6.07) is 0.0184. The van der Waals surface area contributed by atoms with Gasteiger partial charge in [0.1, 0.15) is 0 Å². The molecule has 0 aromatic rings. The van der Waals surface area contributed by atoms with Crippen molar-refractivity contribution in [1.82, 2.24) is 9.62 Å². The van der Waals surface area contributed by atoms with E-state index < -0.39 is 10.0 Å². The molecule has 0 aromatic heterocycles. The molecule has 0 aromatic carbocycles. The highest BCUT2D eigenvalue weighted by Crippen LogP contribution is 2.23. The molecule has 5 heteroatoms. The number of nitrogens with zero attached hydrogens (tertiary/aromatic N) is 1. The Hall–Kier alpha value is -0.130. The molecule has 15 heavy (non-hydrogen) atoms. The molecule has 90 valence electrons. The summed E-state index contributed by atoms with van der Waals surface area (Å²) in [6.07, 6.45) is 0.696. The molecule has 0 spiro atoms. The molecule has 1 aliphatic rings. The molecule has 1 saturated heterocycles. The van der Waals surface area contributed by atoms with Gasteiger partial charge in [-0.25, -0.2) is 8.42 Å². The maximum atomic E-state index is 12.1. The van der Waals surface area contributed by atoms with Gasteiger partial charge in [0.15, 0.2) is 0 Å². The number of rotatable bonds is 1. The monoisotopic (exact) mass is 234 g/mol. The molecule has 1 rings (SSSR count). The quantitative estimate of drug-likeness (QED) is 0.730. The molecule has 0 radical (unpaired) electrons. The van der Waals surface area contributed by atoms with Gasteiger partial charge < -0.3 is 5.32 Å². The van der Waals surface area contributed by atoms with Gasteiger partial charge in [-0.2, -0.15) is 4.31 Å². The highest BCUT2D eigenvalue weighted by atomic mass is 32.2. The van der Waals surface area contributed by atoms with Crippen LogP contribution in [0.2, 0.25) is 0 Å². The third-order valence-corrected chi connectivity index (χ3v) is 5.00. The first-order valence-electron chi connectivity index (χ1n) is 5.50. The van der Waals surface area contributed by atoms with Crippen molar-refractivity contribution in [3.63, 3.8) is 0 Å². The molecule has 1 fully saturated rings. The molecular formula is C10H22N2O2S. The van der Waals surface area contributed by atoms with E-state index in [0.717, 1.165) is 6.54 Å². The molecule has 4 nitrogen and oxygen atoms in total. The Bertz CT molecular complexity index is 309. The average Bonchev–Trinajstić information content (AvgIpc) is 1.98. The summed E-state index contributed by atoms with van der Waals surface area (Å²) in [5.74, 6) is 0.252. The van der Waals surface area contributed by atoms with E-state index in [1.807, 2.05) is 27.7 Å². The van der Waals surface area contributed by atoms with Crippen LogP contribution in [-0.4, -0.2) is 43.1 Å². The van der Waals surface area contributed by atoms with Crippen LogP contribution < -0.4 is 5.32 Å². The Morgan fingerprint density at radius 3 is 2.47 bits per heavy atom. The molecule has 0 saturated carbocycles. The molecule has 0 bridgehead atoms. The highest BCUT2D eigenvalue weighted by molar-refractivity contribution is 7.89. The second-order valence-electron chi connectivity index (χ2n) is 5.05. The summed E-state index contributed by atoms with van der Waals surface area (Å²) in [5, 5.41) is 3.29. The van der Waals surface area contributed by atoms with E-state index in [2.05, 4.69) is 5.32 Å². The number of hydrogen-bond donors (Lipinski definition) is 1. The molecule has 1 heterocycles. The lowest BCUT2D eigenvalue weighted by Gasteiger charge is -2.41. The highest BCUT2D eigenvalue weighted by Gasteiger charge is 2.38. The fourth-order valence-corrected chi connectivity index (χ4v) is 4.51. The van der Waals surface area contributed by atoms with Crippen LogP contribution in [0.25, 0.3) is 0 Å². The summed E-state index contributed by atoms with van der Waals surface area (Å²) in [5.41, 5.74) is -0.340. The number of sulfonamides is 1. The van der Waals surface area contributed by atoms with Gasteiger partial charge >= 0.3 is 0 Å². The molecule has 1 aliphatic heterocycles. The zero-order valence-electron chi connectivity index (χ0n) is 10.1. The van der Waals surface area contributed by atoms with Crippen molar-refractivity contribution < 1.29 is 8.42 Å². The molecule has 0 unspecified atom stereocenters. The predicted octanol–water partition coefficient (Wildman–Crippen LogP) is 0.798. The van der Waals surface area contributed by atoms with E-state index in [0.29, 0.717) is 13.0 Å². The lowest BCUT2D eigenvalue weighted by molar-refractivity contribution is 0.181. The van der Waals surface area contributed by atoms with Crippen molar-refractivity contribution in [2.24, 2.45) is 0 Å². The van der Waals surface area contributed by atoms with Crippen molar-refractivity contribution in [2.75, 3.05) is 18.8 Å². The SMILES string of the molecule is CC(C)N1C(C)(C)CNCCCS1(=O)=O. The molecule has 1 N–H and O–H groups in total. The summed E-state index contributed by atoms with van der Waals surface area (Å²) in [7, 11) is -3.10. The minimum Gasteiger partial charge on any atom is -0.315 e. The summed E-state index contributed by atoms with van der Waals surface area (Å²) in [6.45, 7) is 9.31. The Kier molecular flexibility index (Phi) is 3.79. The van der Waals surface area contributed by atoms with Gasteiger partial charge in [0.25, 0.3) is 0 Å². The fraction of sp³-hybridized carbons (Fsp3) is 1.00. The Morgan fingerprint density at radius 2 is 1.93 bits per heavy atom. The van der Waals surface area contributed by atoms with E-state index in [1.165, 1.54) is 0 Å². The lowest BCUT2D eigenvalue weighted by Crippen LogP contribution is -2.58. The van der Waals surface area contributed by atoms with Crippen LogP contribution in [0.3, 0.4) is 0 Å². The van der Waals surface area contributed by atoms with Gasteiger partial charge in [0, 0.05) is 18.1 Å². The zero-order chi connectivity index (χ0) is 11.7. The maximum Gasteiger partial charge on any atom is 0.214 e. The minimum absolute atomic E-state index is 0.0184. The second kappa shape index (κ2) is 4.39. The van der Waals surface area contributed by atoms with Crippen LogP contribution in [0.15, 0.2) is 0 Å². The van der Waals surface area contributed by atoms with Crippen LogP contribution in [0.5, 0.6) is 0 Å². The molecule has 0 atom stereocenters. The largest absolute Gasteiger partial charge is 0.315 e. The number of nitrogens with one attached hydrogen (secondary N) is 1. The van der Waals surface area contributed by atoms with Crippen LogP contribution in [-0.2, 0) is 10.0 Å². The summed E-state index contributed by atoms with van der Waals surface area (Å²) >= 11 is 0. The zero-order valence-corrected chi connectivity index (χ0v) is 10.9. The Labute approximate surface area is 93.1 Å². The van der Waals surface area contributed by atoms with E-state index in [-0.39, 0.29) is 17.3 Å². The van der Waals surface area contributed by atoms with E-state index in [4.69, 9.17) is 0 Å². The summed E-state index contributed by atoms with van der Waals surface area (Å²) in [4.78, 5) is 0. The van der Waals surface area contributed by atoms with Crippen molar-refractivity contribution in [2.45, 2.75) is 45.7 Å². The Balaban J connectivity index is 3.06. The Morgan fingerprint density at radius 1 is 1.33 bits per heavy atom. The minimum atomic E-state index is -3.10. The molecule has 0 amide bonds. The van der Waals surface area contributed by atoms with Crippen molar-refractivity contribution >= 4 is 10.0 Å². The fourth-order valence-electron chi connectivity index (χ4n) is 2.35. The normalized spacial score (nSPS) is 27.3. The van der Waals surface area contributed by atoms with E-state index in [9.17, 15) is 8.42 Å². The van der Waals surface area contributed by atoms with E-state index in [1.54, 1.807) is 4.31 Å².